The van der Waals surface area contributed by atoms with E-state index in [4.69, 9.17) is 16.3 Å². The molecule has 7 heteroatoms. The number of carbonyl (C=O) groups is 2. The molecule has 0 bridgehead atoms. The Morgan fingerprint density at radius 1 is 1.30 bits per heavy atom. The smallest absolute Gasteiger partial charge is 0.265 e. The van der Waals surface area contributed by atoms with E-state index >= 15 is 0 Å². The fourth-order valence-corrected chi connectivity index (χ4v) is 2.47. The van der Waals surface area contributed by atoms with Crippen LogP contribution in [0.25, 0.3) is 0 Å². The standard InChI is InChI=1S/C16H14ClN3O3/c17-16-11(4-3-8-18-16)19-14(21)7-9-20-12-5-1-2-6-13(12)23-10-15(20)22/h1-6,8H,7,9-10H2,(H,19,21). The van der Waals surface area contributed by atoms with Crippen molar-refractivity contribution in [2.24, 2.45) is 0 Å². The number of aromatic nitrogens is 1. The van der Waals surface area contributed by atoms with E-state index in [0.29, 0.717) is 17.1 Å². The maximum absolute atomic E-state index is 12.1. The molecule has 0 atom stereocenters. The lowest BCUT2D eigenvalue weighted by Gasteiger charge is -2.29. The molecule has 0 unspecified atom stereocenters. The summed E-state index contributed by atoms with van der Waals surface area (Å²) in [5.41, 5.74) is 1.13. The molecule has 6 nitrogen and oxygen atoms in total. The third-order valence-electron chi connectivity index (χ3n) is 3.40. The first-order chi connectivity index (χ1) is 11.1. The molecular formula is C16H14ClN3O3. The fraction of sp³-hybridized carbons (Fsp3) is 0.188. The zero-order valence-corrected chi connectivity index (χ0v) is 12.9. The summed E-state index contributed by atoms with van der Waals surface area (Å²) >= 11 is 5.90. The quantitative estimate of drug-likeness (QED) is 0.874. The molecule has 0 fully saturated rings. The number of amides is 2. The van der Waals surface area contributed by atoms with Crippen molar-refractivity contribution in [2.75, 3.05) is 23.4 Å². The van der Waals surface area contributed by atoms with Crippen LogP contribution in [-0.4, -0.2) is 29.9 Å². The van der Waals surface area contributed by atoms with Gasteiger partial charge in [0.25, 0.3) is 5.91 Å². The minimum atomic E-state index is -0.239. The molecule has 118 valence electrons. The maximum atomic E-state index is 12.1. The van der Waals surface area contributed by atoms with Crippen molar-refractivity contribution in [1.82, 2.24) is 4.98 Å². The number of hydrogen-bond acceptors (Lipinski definition) is 4. The Hall–Kier alpha value is -2.60. The highest BCUT2D eigenvalue weighted by molar-refractivity contribution is 6.32. The third kappa shape index (κ3) is 3.43. The highest BCUT2D eigenvalue weighted by Crippen LogP contribution is 2.31. The van der Waals surface area contributed by atoms with Gasteiger partial charge in [0.1, 0.15) is 5.75 Å². The van der Waals surface area contributed by atoms with Gasteiger partial charge >= 0.3 is 0 Å². The van der Waals surface area contributed by atoms with Gasteiger partial charge < -0.3 is 15.0 Å². The van der Waals surface area contributed by atoms with Crippen LogP contribution >= 0.6 is 11.6 Å². The first-order valence-corrected chi connectivity index (χ1v) is 7.45. The lowest BCUT2D eigenvalue weighted by molar-refractivity contribution is -0.121. The maximum Gasteiger partial charge on any atom is 0.265 e. The van der Waals surface area contributed by atoms with Crippen LogP contribution in [0.15, 0.2) is 42.6 Å². The molecule has 0 saturated heterocycles. The minimum Gasteiger partial charge on any atom is -0.482 e. The van der Waals surface area contributed by atoms with Crippen LogP contribution in [-0.2, 0) is 9.59 Å². The molecule has 3 rings (SSSR count). The molecule has 1 aliphatic heterocycles. The van der Waals surface area contributed by atoms with Crippen LogP contribution in [0.4, 0.5) is 11.4 Å². The fourth-order valence-electron chi connectivity index (χ4n) is 2.30. The van der Waals surface area contributed by atoms with Crippen molar-refractivity contribution in [2.45, 2.75) is 6.42 Å². The van der Waals surface area contributed by atoms with Crippen molar-refractivity contribution in [3.05, 3.63) is 47.7 Å². The molecule has 0 spiro atoms. The summed E-state index contributed by atoms with van der Waals surface area (Å²) in [6, 6.07) is 10.6. The number of ether oxygens (including phenoxy) is 1. The SMILES string of the molecule is O=C(CCN1C(=O)COc2ccccc21)Nc1cccnc1Cl. The normalized spacial score (nSPS) is 13.3. The second-order valence-electron chi connectivity index (χ2n) is 4.94. The number of nitrogens with zero attached hydrogens (tertiary/aromatic N) is 2. The third-order valence-corrected chi connectivity index (χ3v) is 3.71. The van der Waals surface area contributed by atoms with Gasteiger partial charge in [-0.05, 0) is 24.3 Å². The lowest BCUT2D eigenvalue weighted by Crippen LogP contribution is -2.40. The van der Waals surface area contributed by atoms with Crippen molar-refractivity contribution in [3.8, 4) is 5.75 Å². The summed E-state index contributed by atoms with van der Waals surface area (Å²) in [5, 5.41) is 2.92. The molecule has 1 aromatic heterocycles. The Labute approximate surface area is 138 Å². The van der Waals surface area contributed by atoms with Crippen molar-refractivity contribution in [3.63, 3.8) is 0 Å². The van der Waals surface area contributed by atoms with Gasteiger partial charge in [0.15, 0.2) is 11.8 Å². The number of nitrogens with one attached hydrogen (secondary N) is 1. The molecule has 1 N–H and O–H groups in total. The summed E-state index contributed by atoms with van der Waals surface area (Å²) in [6.07, 6.45) is 1.69. The van der Waals surface area contributed by atoms with E-state index in [-0.39, 0.29) is 36.5 Å². The molecule has 2 amide bonds. The molecule has 1 aromatic carbocycles. The van der Waals surface area contributed by atoms with E-state index in [1.807, 2.05) is 12.1 Å². The van der Waals surface area contributed by atoms with E-state index in [1.54, 1.807) is 35.4 Å². The van der Waals surface area contributed by atoms with E-state index in [1.165, 1.54) is 0 Å². The highest BCUT2D eigenvalue weighted by Gasteiger charge is 2.25. The second kappa shape index (κ2) is 6.66. The van der Waals surface area contributed by atoms with Gasteiger partial charge in [0.05, 0.1) is 11.4 Å². The number of halogens is 1. The number of anilines is 2. The molecule has 0 radical (unpaired) electrons. The molecule has 2 heterocycles. The zero-order chi connectivity index (χ0) is 16.2. The molecule has 0 aliphatic carbocycles. The predicted molar refractivity (Wildman–Crippen MR) is 86.8 cm³/mol. The lowest BCUT2D eigenvalue weighted by atomic mass is 10.2. The van der Waals surface area contributed by atoms with E-state index in [2.05, 4.69) is 10.3 Å². The van der Waals surface area contributed by atoms with Crippen LogP contribution in [0.5, 0.6) is 5.75 Å². The van der Waals surface area contributed by atoms with E-state index < -0.39 is 0 Å². The van der Waals surface area contributed by atoms with Crippen LogP contribution in [0.1, 0.15) is 6.42 Å². The van der Waals surface area contributed by atoms with Crippen molar-refractivity contribution < 1.29 is 14.3 Å². The Morgan fingerprint density at radius 3 is 2.96 bits per heavy atom. The Balaban J connectivity index is 1.65. The van der Waals surface area contributed by atoms with Crippen molar-refractivity contribution in [1.29, 1.82) is 0 Å². The number of hydrogen-bond donors (Lipinski definition) is 1. The first-order valence-electron chi connectivity index (χ1n) is 7.08. The van der Waals surface area contributed by atoms with E-state index in [9.17, 15) is 9.59 Å². The van der Waals surface area contributed by atoms with Crippen LogP contribution in [0.2, 0.25) is 5.15 Å². The summed E-state index contributed by atoms with van der Waals surface area (Å²) in [6.45, 7) is 0.246. The number of benzene rings is 1. The summed E-state index contributed by atoms with van der Waals surface area (Å²) in [5.74, 6) is 0.232. The summed E-state index contributed by atoms with van der Waals surface area (Å²) in [7, 11) is 0. The summed E-state index contributed by atoms with van der Waals surface area (Å²) < 4.78 is 5.37. The van der Waals surface area contributed by atoms with Crippen LogP contribution in [0.3, 0.4) is 0 Å². The molecule has 1 aliphatic rings. The first kappa shape index (κ1) is 15.3. The van der Waals surface area contributed by atoms with E-state index in [0.717, 1.165) is 0 Å². The highest BCUT2D eigenvalue weighted by atomic mass is 35.5. The largest absolute Gasteiger partial charge is 0.482 e. The van der Waals surface area contributed by atoms with Crippen LogP contribution in [0, 0.1) is 0 Å². The van der Waals surface area contributed by atoms with Gasteiger partial charge in [0.2, 0.25) is 5.91 Å². The van der Waals surface area contributed by atoms with Gasteiger partial charge in [0, 0.05) is 19.2 Å². The van der Waals surface area contributed by atoms with Gasteiger partial charge in [-0.1, -0.05) is 23.7 Å². The average Bonchev–Trinajstić information content (AvgIpc) is 2.56. The summed E-state index contributed by atoms with van der Waals surface area (Å²) in [4.78, 5) is 29.5. The minimum absolute atomic E-state index is 0.0208. The van der Waals surface area contributed by atoms with Gasteiger partial charge in [-0.2, -0.15) is 0 Å². The number of rotatable bonds is 4. The number of pyridine rings is 1. The van der Waals surface area contributed by atoms with Gasteiger partial charge in [-0.25, -0.2) is 4.98 Å². The molecule has 2 aromatic rings. The Morgan fingerprint density at radius 2 is 2.13 bits per heavy atom. The Bertz CT molecular complexity index is 751. The molecule has 0 saturated carbocycles. The topological polar surface area (TPSA) is 71.5 Å². The van der Waals surface area contributed by atoms with Gasteiger partial charge in [-0.3, -0.25) is 9.59 Å². The average molecular weight is 332 g/mol. The second-order valence-corrected chi connectivity index (χ2v) is 5.30. The monoisotopic (exact) mass is 331 g/mol. The number of fused-ring (bicyclic) bond motifs is 1. The Kier molecular flexibility index (Phi) is 4.43. The number of carbonyl (C=O) groups excluding carboxylic acids is 2. The molecular weight excluding hydrogens is 318 g/mol. The van der Waals surface area contributed by atoms with Gasteiger partial charge in [-0.15, -0.1) is 0 Å². The predicted octanol–water partition coefficient (Wildman–Crippen LogP) is 2.49. The number of para-hydroxylation sites is 2. The van der Waals surface area contributed by atoms with Crippen LogP contribution < -0.4 is 15.0 Å². The van der Waals surface area contributed by atoms with Crippen molar-refractivity contribution >= 4 is 34.8 Å². The zero-order valence-electron chi connectivity index (χ0n) is 12.2. The molecule has 23 heavy (non-hydrogen) atoms.